The Bertz CT molecular complexity index is 1160. The van der Waals surface area contributed by atoms with Crippen LogP contribution in [0.25, 0.3) is 0 Å². The average molecular weight is 507 g/mol. The number of hydrogen-bond acceptors (Lipinski definition) is 5. The number of amides is 2. The Hall–Kier alpha value is -3.32. The second kappa shape index (κ2) is 12.1. The first-order valence-corrected chi connectivity index (χ1v) is 13.3. The predicted octanol–water partition coefficient (Wildman–Crippen LogP) is 4.99. The lowest BCUT2D eigenvalue weighted by Gasteiger charge is -2.37. The number of carbonyl (C=O) groups excluding carboxylic acids is 2. The van der Waals surface area contributed by atoms with Gasteiger partial charge in [0, 0.05) is 18.0 Å². The van der Waals surface area contributed by atoms with Crippen LogP contribution in [0.5, 0.6) is 11.5 Å². The molecule has 2 amide bonds. The molecule has 3 aromatic rings. The van der Waals surface area contributed by atoms with Crippen LogP contribution in [0.15, 0.2) is 66.0 Å². The summed E-state index contributed by atoms with van der Waals surface area (Å²) in [5.41, 5.74) is 2.08. The number of rotatable bonds is 10. The van der Waals surface area contributed by atoms with Crippen LogP contribution in [0.3, 0.4) is 0 Å². The Morgan fingerprint density at radius 1 is 1.06 bits per heavy atom. The van der Waals surface area contributed by atoms with Gasteiger partial charge in [0.25, 0.3) is 0 Å². The Morgan fingerprint density at radius 2 is 1.78 bits per heavy atom. The molecular formula is C29H34N2O4S. The highest BCUT2D eigenvalue weighted by atomic mass is 32.1. The minimum absolute atomic E-state index is 0.0293. The van der Waals surface area contributed by atoms with Crippen molar-refractivity contribution < 1.29 is 19.1 Å². The highest BCUT2D eigenvalue weighted by Gasteiger charge is 2.33. The van der Waals surface area contributed by atoms with E-state index in [1.165, 1.54) is 4.88 Å². The zero-order valence-corrected chi connectivity index (χ0v) is 22.0. The quantitative estimate of drug-likeness (QED) is 0.389. The minimum Gasteiger partial charge on any atom is -0.493 e. The lowest BCUT2D eigenvalue weighted by Crippen LogP contribution is -2.48. The lowest BCUT2D eigenvalue weighted by atomic mass is 10.00. The van der Waals surface area contributed by atoms with E-state index in [-0.39, 0.29) is 36.7 Å². The molecule has 2 heterocycles. The van der Waals surface area contributed by atoms with E-state index in [9.17, 15) is 9.59 Å². The van der Waals surface area contributed by atoms with Crippen molar-refractivity contribution in [2.24, 2.45) is 5.92 Å². The SMILES string of the molecule is COc1ccccc1OC[C@H]1c2ccsc2CCN1C(=O)CN(CC(C)C)C(=O)Cc1ccccc1. The number of methoxy groups -OCH3 is 1. The van der Waals surface area contributed by atoms with E-state index < -0.39 is 0 Å². The topological polar surface area (TPSA) is 59.1 Å². The standard InChI is InChI=1S/C29H34N2O4S/c1-21(2)18-30(28(32)17-22-9-5-4-6-10-22)19-29(33)31-15-13-27-23(14-16-36-27)24(31)20-35-26-12-8-7-11-25(26)34-3/h4-12,14,16,21,24H,13,15,17-20H2,1-3H3/t24-/m0/s1. The number of carbonyl (C=O) groups is 2. The van der Waals surface area contributed by atoms with Crippen molar-refractivity contribution in [3.63, 3.8) is 0 Å². The van der Waals surface area contributed by atoms with Crippen LogP contribution in [-0.4, -0.2) is 55.0 Å². The summed E-state index contributed by atoms with van der Waals surface area (Å²) in [5, 5.41) is 2.07. The van der Waals surface area contributed by atoms with E-state index in [1.807, 2.05) is 59.5 Å². The Kier molecular flexibility index (Phi) is 8.65. The van der Waals surface area contributed by atoms with Gasteiger partial charge in [-0.15, -0.1) is 11.3 Å². The summed E-state index contributed by atoms with van der Waals surface area (Å²) in [6, 6.07) is 19.1. The molecule has 0 fully saturated rings. The third-order valence-corrected chi connectivity index (χ3v) is 7.34. The summed E-state index contributed by atoms with van der Waals surface area (Å²) >= 11 is 1.72. The highest BCUT2D eigenvalue weighted by Crippen LogP contribution is 2.35. The Labute approximate surface area is 217 Å². The molecule has 0 aliphatic carbocycles. The summed E-state index contributed by atoms with van der Waals surface area (Å²) in [4.78, 5) is 31.8. The van der Waals surface area contributed by atoms with Crippen LogP contribution < -0.4 is 9.47 Å². The number of para-hydroxylation sites is 2. The molecule has 0 bridgehead atoms. The van der Waals surface area contributed by atoms with Crippen molar-refractivity contribution in [2.75, 3.05) is 33.4 Å². The molecule has 0 radical (unpaired) electrons. The molecule has 2 aromatic carbocycles. The average Bonchev–Trinajstić information content (AvgIpc) is 3.36. The van der Waals surface area contributed by atoms with Gasteiger partial charge in [-0.2, -0.15) is 0 Å². The van der Waals surface area contributed by atoms with E-state index in [0.717, 1.165) is 17.5 Å². The normalized spacial score (nSPS) is 14.9. The van der Waals surface area contributed by atoms with Crippen molar-refractivity contribution >= 4 is 23.2 Å². The summed E-state index contributed by atoms with van der Waals surface area (Å²) in [6.07, 6.45) is 1.10. The number of nitrogens with zero attached hydrogens (tertiary/aromatic N) is 2. The van der Waals surface area contributed by atoms with Crippen LogP contribution in [-0.2, 0) is 22.4 Å². The Morgan fingerprint density at radius 3 is 2.50 bits per heavy atom. The number of thiophene rings is 1. The van der Waals surface area contributed by atoms with Crippen molar-refractivity contribution in [3.8, 4) is 11.5 Å². The number of fused-ring (bicyclic) bond motifs is 1. The van der Waals surface area contributed by atoms with E-state index >= 15 is 0 Å². The zero-order chi connectivity index (χ0) is 25.5. The summed E-state index contributed by atoms with van der Waals surface area (Å²) in [5.74, 6) is 1.48. The molecule has 1 aliphatic heterocycles. The lowest BCUT2D eigenvalue weighted by molar-refractivity contribution is -0.142. The molecule has 0 saturated heterocycles. The first-order chi connectivity index (χ1) is 17.5. The summed E-state index contributed by atoms with van der Waals surface area (Å²) in [7, 11) is 1.62. The minimum atomic E-state index is -0.220. The first kappa shape index (κ1) is 25.8. The van der Waals surface area contributed by atoms with Gasteiger partial charge >= 0.3 is 0 Å². The maximum atomic E-state index is 13.7. The maximum absolute atomic E-state index is 13.7. The third-order valence-electron chi connectivity index (χ3n) is 6.34. The van der Waals surface area contributed by atoms with Crippen LogP contribution >= 0.6 is 11.3 Å². The molecule has 1 aliphatic rings. The summed E-state index contributed by atoms with van der Waals surface area (Å²) < 4.78 is 11.6. The van der Waals surface area contributed by atoms with Gasteiger partial charge in [-0.25, -0.2) is 0 Å². The first-order valence-electron chi connectivity index (χ1n) is 12.4. The molecule has 0 unspecified atom stereocenters. The molecule has 0 N–H and O–H groups in total. The monoisotopic (exact) mass is 506 g/mol. The molecule has 4 rings (SSSR count). The molecule has 190 valence electrons. The fraction of sp³-hybridized carbons (Fsp3) is 0.379. The van der Waals surface area contributed by atoms with Crippen LogP contribution in [0.2, 0.25) is 0 Å². The van der Waals surface area contributed by atoms with Gasteiger partial charge in [0.1, 0.15) is 6.61 Å². The Balaban J connectivity index is 1.51. The summed E-state index contributed by atoms with van der Waals surface area (Å²) in [6.45, 7) is 5.66. The second-order valence-corrected chi connectivity index (χ2v) is 10.4. The van der Waals surface area contributed by atoms with E-state index in [1.54, 1.807) is 23.3 Å². The number of ether oxygens (including phenoxy) is 2. The van der Waals surface area contributed by atoms with Gasteiger partial charge in [-0.1, -0.05) is 56.3 Å². The van der Waals surface area contributed by atoms with Crippen molar-refractivity contribution in [1.29, 1.82) is 0 Å². The van der Waals surface area contributed by atoms with Gasteiger partial charge in [0.05, 0.1) is 26.1 Å². The van der Waals surface area contributed by atoms with Crippen molar-refractivity contribution in [3.05, 3.63) is 82.0 Å². The van der Waals surface area contributed by atoms with Gasteiger partial charge in [0.15, 0.2) is 11.5 Å². The zero-order valence-electron chi connectivity index (χ0n) is 21.2. The van der Waals surface area contributed by atoms with E-state index in [0.29, 0.717) is 31.2 Å². The highest BCUT2D eigenvalue weighted by molar-refractivity contribution is 7.10. The molecule has 36 heavy (non-hydrogen) atoms. The number of hydrogen-bond donors (Lipinski definition) is 0. The van der Waals surface area contributed by atoms with Gasteiger partial charge in [-0.3, -0.25) is 9.59 Å². The maximum Gasteiger partial charge on any atom is 0.242 e. The van der Waals surface area contributed by atoms with E-state index in [4.69, 9.17) is 9.47 Å². The molecule has 1 aromatic heterocycles. The molecule has 0 spiro atoms. The van der Waals surface area contributed by atoms with Crippen LogP contribution in [0.4, 0.5) is 0 Å². The van der Waals surface area contributed by atoms with Crippen molar-refractivity contribution in [1.82, 2.24) is 9.80 Å². The van der Waals surface area contributed by atoms with E-state index in [2.05, 4.69) is 25.3 Å². The van der Waals surface area contributed by atoms with Gasteiger partial charge in [-0.05, 0) is 47.0 Å². The van der Waals surface area contributed by atoms with Gasteiger partial charge < -0.3 is 19.3 Å². The molecular weight excluding hydrogens is 472 g/mol. The van der Waals surface area contributed by atoms with Gasteiger partial charge in [0.2, 0.25) is 11.8 Å². The number of benzene rings is 2. The molecule has 1 atom stereocenters. The largest absolute Gasteiger partial charge is 0.493 e. The predicted molar refractivity (Wildman–Crippen MR) is 143 cm³/mol. The molecule has 7 heteroatoms. The van der Waals surface area contributed by atoms with Crippen molar-refractivity contribution in [2.45, 2.75) is 32.7 Å². The fourth-order valence-corrected chi connectivity index (χ4v) is 5.54. The molecule has 6 nitrogen and oxygen atoms in total. The third kappa shape index (κ3) is 6.26. The van der Waals surface area contributed by atoms with Crippen LogP contribution in [0, 0.1) is 5.92 Å². The fourth-order valence-electron chi connectivity index (χ4n) is 4.61. The second-order valence-electron chi connectivity index (χ2n) is 9.44. The smallest absolute Gasteiger partial charge is 0.242 e. The van der Waals surface area contributed by atoms with Crippen LogP contribution in [0.1, 0.15) is 35.9 Å². The molecule has 0 saturated carbocycles.